The molecule has 0 aromatic rings. The second kappa shape index (κ2) is 4.82. The molecule has 1 fully saturated rings. The van der Waals surface area contributed by atoms with Crippen LogP contribution in [0.2, 0.25) is 0 Å². The van der Waals surface area contributed by atoms with E-state index in [0.717, 1.165) is 19.4 Å². The molecule has 0 aromatic heterocycles. The number of ether oxygens (including phenoxy) is 1. The smallest absolute Gasteiger partial charge is 0.309 e. The average molecular weight is 208 g/mol. The van der Waals surface area contributed by atoms with Crippen LogP contribution in [-0.4, -0.2) is 25.2 Å². The van der Waals surface area contributed by atoms with E-state index in [9.17, 15) is 4.79 Å². The number of methoxy groups -OCH3 is 1. The lowest BCUT2D eigenvalue weighted by Crippen LogP contribution is -2.48. The Morgan fingerprint density at radius 3 is 2.54 bits per heavy atom. The molecule has 1 aliphatic heterocycles. The zero-order valence-corrected chi connectivity index (χ0v) is 9.24. The van der Waals surface area contributed by atoms with Crippen molar-refractivity contribution in [2.75, 3.05) is 13.7 Å². The molecule has 13 heavy (non-hydrogen) atoms. The molecule has 1 rings (SSSR count). The monoisotopic (exact) mass is 207 g/mol. The molecule has 1 heterocycles. The maximum atomic E-state index is 11.1. The molecule has 1 N–H and O–H groups in total. The first kappa shape index (κ1) is 12.7. The second-order valence-corrected chi connectivity index (χ2v) is 4.02. The van der Waals surface area contributed by atoms with Crippen LogP contribution in [0.1, 0.15) is 26.7 Å². The summed E-state index contributed by atoms with van der Waals surface area (Å²) in [6.07, 6.45) is 1.97. The Labute approximate surface area is 85.6 Å². The number of carbonyl (C=O) groups is 1. The van der Waals surface area contributed by atoms with Gasteiger partial charge in [-0.05, 0) is 26.7 Å². The van der Waals surface area contributed by atoms with E-state index in [4.69, 9.17) is 0 Å². The average Bonchev–Trinajstić information content (AvgIpc) is 2.03. The highest BCUT2D eigenvalue weighted by Gasteiger charge is 2.30. The van der Waals surface area contributed by atoms with Crippen LogP contribution < -0.4 is 5.32 Å². The largest absolute Gasteiger partial charge is 0.469 e. The summed E-state index contributed by atoms with van der Waals surface area (Å²) in [5.41, 5.74) is 0.185. The van der Waals surface area contributed by atoms with Crippen molar-refractivity contribution < 1.29 is 9.53 Å². The molecule has 0 radical (unpaired) electrons. The Balaban J connectivity index is 0.00000144. The number of esters is 1. The molecule has 0 saturated carbocycles. The number of halogens is 1. The van der Waals surface area contributed by atoms with E-state index in [2.05, 4.69) is 23.9 Å². The quantitative estimate of drug-likeness (QED) is 0.660. The third-order valence-corrected chi connectivity index (χ3v) is 2.48. The SMILES string of the molecule is COC(=O)C1CCC(C)(C)NC1.Cl. The molecular weight excluding hydrogens is 190 g/mol. The van der Waals surface area contributed by atoms with Crippen molar-refractivity contribution in [1.82, 2.24) is 5.32 Å². The van der Waals surface area contributed by atoms with Crippen molar-refractivity contribution in [3.8, 4) is 0 Å². The summed E-state index contributed by atoms with van der Waals surface area (Å²) >= 11 is 0. The van der Waals surface area contributed by atoms with E-state index in [0.29, 0.717) is 0 Å². The van der Waals surface area contributed by atoms with Crippen molar-refractivity contribution in [2.24, 2.45) is 5.92 Å². The lowest BCUT2D eigenvalue weighted by atomic mass is 9.87. The van der Waals surface area contributed by atoms with E-state index in [1.165, 1.54) is 7.11 Å². The molecule has 0 bridgehead atoms. The Bertz CT molecular complexity index is 172. The van der Waals surface area contributed by atoms with Gasteiger partial charge in [0.2, 0.25) is 0 Å². The highest BCUT2D eigenvalue weighted by Crippen LogP contribution is 2.22. The van der Waals surface area contributed by atoms with Crippen molar-refractivity contribution in [1.29, 1.82) is 0 Å². The van der Waals surface area contributed by atoms with Gasteiger partial charge in [0.25, 0.3) is 0 Å². The lowest BCUT2D eigenvalue weighted by molar-refractivity contribution is -0.146. The Hall–Kier alpha value is -0.280. The topological polar surface area (TPSA) is 38.3 Å². The van der Waals surface area contributed by atoms with Gasteiger partial charge in [0, 0.05) is 12.1 Å². The molecule has 78 valence electrons. The summed E-state index contributed by atoms with van der Waals surface area (Å²) in [6.45, 7) is 5.06. The lowest BCUT2D eigenvalue weighted by Gasteiger charge is -2.34. The molecule has 4 heteroatoms. The first-order valence-electron chi connectivity index (χ1n) is 4.38. The van der Waals surface area contributed by atoms with Crippen LogP contribution in [-0.2, 0) is 9.53 Å². The number of hydrogen-bond acceptors (Lipinski definition) is 3. The zero-order valence-electron chi connectivity index (χ0n) is 8.42. The third kappa shape index (κ3) is 3.53. The molecular formula is C9H18ClNO2. The van der Waals surface area contributed by atoms with Crippen LogP contribution in [0.3, 0.4) is 0 Å². The Kier molecular flexibility index (Phi) is 4.71. The highest BCUT2D eigenvalue weighted by molar-refractivity contribution is 5.85. The minimum Gasteiger partial charge on any atom is -0.469 e. The van der Waals surface area contributed by atoms with E-state index >= 15 is 0 Å². The predicted molar refractivity (Wildman–Crippen MR) is 54.1 cm³/mol. The van der Waals surface area contributed by atoms with Crippen molar-refractivity contribution in [3.05, 3.63) is 0 Å². The third-order valence-electron chi connectivity index (χ3n) is 2.48. The van der Waals surface area contributed by atoms with E-state index in [-0.39, 0.29) is 29.8 Å². The number of piperidine rings is 1. The molecule has 0 amide bonds. The number of hydrogen-bond donors (Lipinski definition) is 1. The van der Waals surface area contributed by atoms with Crippen LogP contribution in [0, 0.1) is 5.92 Å². The van der Waals surface area contributed by atoms with Gasteiger partial charge in [-0.1, -0.05) is 0 Å². The summed E-state index contributed by atoms with van der Waals surface area (Å²) in [5, 5.41) is 3.32. The summed E-state index contributed by atoms with van der Waals surface area (Å²) < 4.78 is 4.68. The molecule has 3 nitrogen and oxygen atoms in total. The highest BCUT2D eigenvalue weighted by atomic mass is 35.5. The van der Waals surface area contributed by atoms with Crippen molar-refractivity contribution >= 4 is 18.4 Å². The van der Waals surface area contributed by atoms with E-state index < -0.39 is 0 Å². The number of carbonyl (C=O) groups excluding carboxylic acids is 1. The maximum Gasteiger partial charge on any atom is 0.309 e. The molecule has 0 aromatic carbocycles. The minimum absolute atomic E-state index is 0. The van der Waals surface area contributed by atoms with Gasteiger partial charge in [-0.3, -0.25) is 4.79 Å². The first-order valence-corrected chi connectivity index (χ1v) is 4.38. The van der Waals surface area contributed by atoms with Crippen LogP contribution in [0.4, 0.5) is 0 Å². The summed E-state index contributed by atoms with van der Waals surface area (Å²) in [5.74, 6) is -0.0268. The Morgan fingerprint density at radius 1 is 1.54 bits per heavy atom. The first-order chi connectivity index (χ1) is 5.55. The fourth-order valence-electron chi connectivity index (χ4n) is 1.49. The molecule has 1 aliphatic rings. The van der Waals surface area contributed by atoms with Gasteiger partial charge in [0.15, 0.2) is 0 Å². The fourth-order valence-corrected chi connectivity index (χ4v) is 1.49. The van der Waals surface area contributed by atoms with Gasteiger partial charge in [-0.2, -0.15) is 0 Å². The standard InChI is InChI=1S/C9H17NO2.ClH/c1-9(2)5-4-7(6-10-9)8(11)12-3;/h7,10H,4-6H2,1-3H3;1H. The molecule has 0 spiro atoms. The summed E-state index contributed by atoms with van der Waals surface area (Å²) in [6, 6.07) is 0. The van der Waals surface area contributed by atoms with Crippen LogP contribution >= 0.6 is 12.4 Å². The van der Waals surface area contributed by atoms with Gasteiger partial charge in [0.05, 0.1) is 13.0 Å². The Morgan fingerprint density at radius 2 is 2.15 bits per heavy atom. The predicted octanol–water partition coefficient (Wildman–Crippen LogP) is 1.36. The van der Waals surface area contributed by atoms with E-state index in [1.807, 2.05) is 0 Å². The summed E-state index contributed by atoms with van der Waals surface area (Å²) in [7, 11) is 1.45. The number of nitrogens with one attached hydrogen (secondary N) is 1. The summed E-state index contributed by atoms with van der Waals surface area (Å²) in [4.78, 5) is 11.1. The van der Waals surface area contributed by atoms with Gasteiger partial charge in [-0.15, -0.1) is 12.4 Å². The molecule has 1 atom stereocenters. The van der Waals surface area contributed by atoms with Crippen LogP contribution in [0.5, 0.6) is 0 Å². The van der Waals surface area contributed by atoms with Crippen molar-refractivity contribution in [2.45, 2.75) is 32.2 Å². The number of rotatable bonds is 1. The normalized spacial score (nSPS) is 25.9. The van der Waals surface area contributed by atoms with E-state index in [1.54, 1.807) is 0 Å². The van der Waals surface area contributed by atoms with Crippen molar-refractivity contribution in [3.63, 3.8) is 0 Å². The maximum absolute atomic E-state index is 11.1. The molecule has 1 unspecified atom stereocenters. The van der Waals surface area contributed by atoms with Crippen LogP contribution in [0.15, 0.2) is 0 Å². The van der Waals surface area contributed by atoms with Gasteiger partial charge in [0.1, 0.15) is 0 Å². The minimum atomic E-state index is -0.0852. The fraction of sp³-hybridized carbons (Fsp3) is 0.889. The van der Waals surface area contributed by atoms with Gasteiger partial charge in [-0.25, -0.2) is 0 Å². The van der Waals surface area contributed by atoms with Gasteiger partial charge >= 0.3 is 5.97 Å². The molecule has 0 aliphatic carbocycles. The second-order valence-electron chi connectivity index (χ2n) is 4.02. The van der Waals surface area contributed by atoms with Crippen LogP contribution in [0.25, 0.3) is 0 Å². The zero-order chi connectivity index (χ0) is 9.19. The van der Waals surface area contributed by atoms with Gasteiger partial charge < -0.3 is 10.1 Å². The molecule has 1 saturated heterocycles.